The standard InChI is InChI=1S/C15H25NO2/c1-11(2)10-18-15-7-5-14(6-8-15)13(4)16-12(3)9-17/h5-8,11-13,16-17H,9-10H2,1-4H3/t12-,13?/m1/s1. The minimum Gasteiger partial charge on any atom is -0.493 e. The van der Waals surface area contributed by atoms with Crippen LogP contribution in [0.15, 0.2) is 24.3 Å². The van der Waals surface area contributed by atoms with Crippen molar-refractivity contribution < 1.29 is 9.84 Å². The van der Waals surface area contributed by atoms with Gasteiger partial charge in [0.2, 0.25) is 0 Å². The van der Waals surface area contributed by atoms with Crippen LogP contribution in [0.2, 0.25) is 0 Å². The van der Waals surface area contributed by atoms with E-state index in [1.807, 2.05) is 19.1 Å². The van der Waals surface area contributed by atoms with E-state index in [2.05, 4.69) is 38.2 Å². The maximum atomic E-state index is 9.01. The Hall–Kier alpha value is -1.06. The van der Waals surface area contributed by atoms with E-state index < -0.39 is 0 Å². The Balaban J connectivity index is 2.53. The summed E-state index contributed by atoms with van der Waals surface area (Å²) in [6, 6.07) is 8.47. The Bertz CT molecular complexity index is 335. The molecule has 0 aliphatic carbocycles. The summed E-state index contributed by atoms with van der Waals surface area (Å²) < 4.78 is 5.64. The SMILES string of the molecule is CC(C)COc1ccc(C(C)N[C@H](C)CO)cc1. The first-order valence-electron chi connectivity index (χ1n) is 6.62. The van der Waals surface area contributed by atoms with Gasteiger partial charge in [-0.05, 0) is 37.5 Å². The molecular weight excluding hydrogens is 226 g/mol. The molecule has 0 aromatic heterocycles. The summed E-state index contributed by atoms with van der Waals surface area (Å²) in [4.78, 5) is 0. The second-order valence-corrected chi connectivity index (χ2v) is 5.25. The third-order valence-corrected chi connectivity index (χ3v) is 2.77. The quantitative estimate of drug-likeness (QED) is 0.783. The Kier molecular flexibility index (Phi) is 6.16. The van der Waals surface area contributed by atoms with E-state index in [0.717, 1.165) is 12.4 Å². The fourth-order valence-electron chi connectivity index (χ4n) is 1.69. The number of aliphatic hydroxyl groups is 1. The Morgan fingerprint density at radius 3 is 2.22 bits per heavy atom. The van der Waals surface area contributed by atoms with Gasteiger partial charge in [0.15, 0.2) is 0 Å². The lowest BCUT2D eigenvalue weighted by Crippen LogP contribution is -2.31. The number of aliphatic hydroxyl groups excluding tert-OH is 1. The predicted octanol–water partition coefficient (Wildman–Crippen LogP) is 2.75. The third-order valence-electron chi connectivity index (χ3n) is 2.77. The molecule has 3 nitrogen and oxygen atoms in total. The van der Waals surface area contributed by atoms with E-state index in [1.165, 1.54) is 5.56 Å². The van der Waals surface area contributed by atoms with Crippen molar-refractivity contribution in [2.24, 2.45) is 5.92 Å². The van der Waals surface area contributed by atoms with E-state index in [0.29, 0.717) is 5.92 Å². The smallest absolute Gasteiger partial charge is 0.119 e. The molecule has 2 atom stereocenters. The molecular formula is C15H25NO2. The number of benzene rings is 1. The lowest BCUT2D eigenvalue weighted by atomic mass is 10.1. The fraction of sp³-hybridized carbons (Fsp3) is 0.600. The molecule has 1 unspecified atom stereocenters. The number of rotatable bonds is 7. The van der Waals surface area contributed by atoms with Crippen LogP contribution in [-0.4, -0.2) is 24.4 Å². The maximum absolute atomic E-state index is 9.01. The average molecular weight is 251 g/mol. The van der Waals surface area contributed by atoms with E-state index in [4.69, 9.17) is 9.84 Å². The number of hydrogen-bond acceptors (Lipinski definition) is 3. The van der Waals surface area contributed by atoms with Gasteiger partial charge in [0.25, 0.3) is 0 Å². The van der Waals surface area contributed by atoms with Crippen molar-refractivity contribution in [3.63, 3.8) is 0 Å². The molecule has 0 aliphatic heterocycles. The van der Waals surface area contributed by atoms with Crippen LogP contribution in [0.25, 0.3) is 0 Å². The van der Waals surface area contributed by atoms with Gasteiger partial charge in [-0.25, -0.2) is 0 Å². The molecule has 2 N–H and O–H groups in total. The highest BCUT2D eigenvalue weighted by molar-refractivity contribution is 5.29. The van der Waals surface area contributed by atoms with Gasteiger partial charge in [0.1, 0.15) is 5.75 Å². The lowest BCUT2D eigenvalue weighted by molar-refractivity contribution is 0.243. The van der Waals surface area contributed by atoms with Gasteiger partial charge in [-0.2, -0.15) is 0 Å². The Morgan fingerprint density at radius 1 is 1.11 bits per heavy atom. The molecule has 102 valence electrons. The first-order valence-corrected chi connectivity index (χ1v) is 6.62. The van der Waals surface area contributed by atoms with E-state index in [9.17, 15) is 0 Å². The Labute approximate surface area is 110 Å². The fourth-order valence-corrected chi connectivity index (χ4v) is 1.69. The highest BCUT2D eigenvalue weighted by atomic mass is 16.5. The predicted molar refractivity (Wildman–Crippen MR) is 74.9 cm³/mol. The highest BCUT2D eigenvalue weighted by Gasteiger charge is 2.08. The molecule has 0 spiro atoms. The van der Waals surface area contributed by atoms with Crippen molar-refractivity contribution in [3.8, 4) is 5.75 Å². The first kappa shape index (κ1) is 15.0. The second-order valence-electron chi connectivity index (χ2n) is 5.25. The van der Waals surface area contributed by atoms with Crippen molar-refractivity contribution in [1.82, 2.24) is 5.32 Å². The molecule has 1 rings (SSSR count). The zero-order valence-electron chi connectivity index (χ0n) is 11.8. The van der Waals surface area contributed by atoms with Gasteiger partial charge in [0, 0.05) is 12.1 Å². The molecule has 0 radical (unpaired) electrons. The van der Waals surface area contributed by atoms with Gasteiger partial charge < -0.3 is 15.2 Å². The van der Waals surface area contributed by atoms with Crippen LogP contribution >= 0.6 is 0 Å². The van der Waals surface area contributed by atoms with Crippen molar-refractivity contribution in [3.05, 3.63) is 29.8 Å². The van der Waals surface area contributed by atoms with Crippen LogP contribution in [0.5, 0.6) is 5.75 Å². The van der Waals surface area contributed by atoms with Gasteiger partial charge in [-0.3, -0.25) is 0 Å². The summed E-state index contributed by atoms with van der Waals surface area (Å²) in [6.07, 6.45) is 0. The van der Waals surface area contributed by atoms with Crippen LogP contribution in [0.4, 0.5) is 0 Å². The van der Waals surface area contributed by atoms with Crippen molar-refractivity contribution in [1.29, 1.82) is 0 Å². The molecule has 1 aromatic rings. The zero-order chi connectivity index (χ0) is 13.5. The van der Waals surface area contributed by atoms with Gasteiger partial charge >= 0.3 is 0 Å². The van der Waals surface area contributed by atoms with Gasteiger partial charge in [-0.15, -0.1) is 0 Å². The minimum absolute atomic E-state index is 0.108. The molecule has 3 heteroatoms. The summed E-state index contributed by atoms with van der Waals surface area (Å²) >= 11 is 0. The molecule has 0 saturated carbocycles. The van der Waals surface area contributed by atoms with Crippen LogP contribution in [0, 0.1) is 5.92 Å². The van der Waals surface area contributed by atoms with Crippen LogP contribution in [0.1, 0.15) is 39.3 Å². The van der Waals surface area contributed by atoms with Crippen LogP contribution in [-0.2, 0) is 0 Å². The van der Waals surface area contributed by atoms with Gasteiger partial charge in [0.05, 0.1) is 13.2 Å². The van der Waals surface area contributed by atoms with Crippen molar-refractivity contribution >= 4 is 0 Å². The molecule has 18 heavy (non-hydrogen) atoms. The average Bonchev–Trinajstić information content (AvgIpc) is 2.36. The summed E-state index contributed by atoms with van der Waals surface area (Å²) in [5, 5.41) is 12.3. The van der Waals surface area contributed by atoms with Crippen molar-refractivity contribution in [2.75, 3.05) is 13.2 Å². The van der Waals surface area contributed by atoms with E-state index in [-0.39, 0.29) is 18.7 Å². The summed E-state index contributed by atoms with van der Waals surface area (Å²) in [7, 11) is 0. The van der Waals surface area contributed by atoms with Crippen molar-refractivity contribution in [2.45, 2.75) is 39.8 Å². The van der Waals surface area contributed by atoms with Crippen LogP contribution in [0.3, 0.4) is 0 Å². The molecule has 0 fully saturated rings. The van der Waals surface area contributed by atoms with E-state index in [1.54, 1.807) is 0 Å². The summed E-state index contributed by atoms with van der Waals surface area (Å²) in [6.45, 7) is 9.23. The molecule has 0 amide bonds. The van der Waals surface area contributed by atoms with Crippen LogP contribution < -0.4 is 10.1 Å². The summed E-state index contributed by atoms with van der Waals surface area (Å²) in [5.41, 5.74) is 1.20. The maximum Gasteiger partial charge on any atom is 0.119 e. The van der Waals surface area contributed by atoms with E-state index >= 15 is 0 Å². The summed E-state index contributed by atoms with van der Waals surface area (Å²) in [5.74, 6) is 1.45. The zero-order valence-corrected chi connectivity index (χ0v) is 11.8. The Morgan fingerprint density at radius 2 is 1.72 bits per heavy atom. The number of ether oxygens (including phenoxy) is 1. The number of nitrogens with one attached hydrogen (secondary N) is 1. The molecule has 0 aliphatic rings. The molecule has 0 saturated heterocycles. The monoisotopic (exact) mass is 251 g/mol. The normalized spacial score (nSPS) is 14.6. The highest BCUT2D eigenvalue weighted by Crippen LogP contribution is 2.18. The lowest BCUT2D eigenvalue weighted by Gasteiger charge is -2.19. The van der Waals surface area contributed by atoms with Gasteiger partial charge in [-0.1, -0.05) is 26.0 Å². The molecule has 1 aromatic carbocycles. The first-order chi connectivity index (χ1) is 8.52. The minimum atomic E-state index is 0.108. The third kappa shape index (κ3) is 5.07. The number of hydrogen-bond donors (Lipinski definition) is 2. The largest absolute Gasteiger partial charge is 0.493 e. The molecule has 0 heterocycles. The topological polar surface area (TPSA) is 41.5 Å². The molecule has 0 bridgehead atoms. The second kappa shape index (κ2) is 7.39.